The first-order valence-corrected chi connectivity index (χ1v) is 23.0. The number of thiazole rings is 2. The minimum absolute atomic E-state index is 0.000743. The van der Waals surface area contributed by atoms with Gasteiger partial charge < -0.3 is 9.80 Å². The molecule has 8 rings (SSSR count). The summed E-state index contributed by atoms with van der Waals surface area (Å²) in [4.78, 5) is 56.0. The Balaban J connectivity index is 1.01. The predicted octanol–water partition coefficient (Wildman–Crippen LogP) is 10.3. The topological polar surface area (TPSA) is 83.5 Å². The molecule has 4 heterocycles. The molecule has 2 fully saturated rings. The van der Waals surface area contributed by atoms with Crippen molar-refractivity contribution in [2.75, 3.05) is 36.1 Å². The summed E-state index contributed by atoms with van der Waals surface area (Å²) in [5.41, 5.74) is 6.61. The molecule has 11 heteroatoms. The summed E-state index contributed by atoms with van der Waals surface area (Å²) in [7, 11) is 0. The second kappa shape index (κ2) is 17.3. The van der Waals surface area contributed by atoms with Crippen molar-refractivity contribution in [3.63, 3.8) is 0 Å². The van der Waals surface area contributed by atoms with Crippen molar-refractivity contribution in [3.05, 3.63) is 154 Å². The van der Waals surface area contributed by atoms with Crippen LogP contribution >= 0.6 is 46.2 Å². The second-order valence-corrected chi connectivity index (χ2v) is 18.1. The Labute approximate surface area is 344 Å². The minimum Gasteiger partial charge on any atom is -0.329 e. The van der Waals surface area contributed by atoms with E-state index in [9.17, 15) is 14.4 Å². The van der Waals surface area contributed by atoms with Gasteiger partial charge in [0.15, 0.2) is 0 Å². The summed E-state index contributed by atoms with van der Waals surface area (Å²) >= 11 is 6.62. The molecule has 0 saturated carbocycles. The molecule has 56 heavy (non-hydrogen) atoms. The zero-order valence-corrected chi connectivity index (χ0v) is 34.5. The number of nitrogens with zero attached hydrogens (tertiary/aromatic N) is 4. The lowest BCUT2D eigenvalue weighted by Gasteiger charge is -2.35. The lowest BCUT2D eigenvalue weighted by Crippen LogP contribution is -2.40. The van der Waals surface area contributed by atoms with Crippen LogP contribution in [0.25, 0.3) is 21.1 Å². The molecule has 6 aromatic rings. The van der Waals surface area contributed by atoms with Crippen LogP contribution in [-0.2, 0) is 4.79 Å². The van der Waals surface area contributed by atoms with Crippen LogP contribution < -0.4 is 0 Å². The summed E-state index contributed by atoms with van der Waals surface area (Å²) in [6.45, 7) is 5.25. The van der Waals surface area contributed by atoms with Crippen molar-refractivity contribution in [1.29, 1.82) is 0 Å². The minimum atomic E-state index is -0.445. The molecule has 2 amide bonds. The van der Waals surface area contributed by atoms with Crippen LogP contribution in [0.3, 0.4) is 0 Å². The van der Waals surface area contributed by atoms with E-state index in [1.807, 2.05) is 143 Å². The molecule has 0 N–H and O–H groups in total. The van der Waals surface area contributed by atoms with E-state index >= 15 is 0 Å². The van der Waals surface area contributed by atoms with Gasteiger partial charge >= 0.3 is 0 Å². The first kappa shape index (κ1) is 38.3. The molecule has 2 aromatic heterocycles. The number of ketones is 1. The molecular formula is C45H42N4O3S4. The molecule has 4 atom stereocenters. The van der Waals surface area contributed by atoms with Crippen molar-refractivity contribution < 1.29 is 14.4 Å². The van der Waals surface area contributed by atoms with E-state index in [-0.39, 0.29) is 29.7 Å². The fraction of sp³-hybridized carbons (Fsp3) is 0.267. The molecule has 284 valence electrons. The first-order chi connectivity index (χ1) is 27.4. The summed E-state index contributed by atoms with van der Waals surface area (Å²) in [5, 5.41) is 5.15. The maximum Gasteiger partial charge on any atom is 0.273 e. The number of carbonyl (C=O) groups is 3. The Hall–Kier alpha value is -4.55. The van der Waals surface area contributed by atoms with Crippen molar-refractivity contribution >= 4 is 63.8 Å². The summed E-state index contributed by atoms with van der Waals surface area (Å²) in [6.07, 6.45) is 0. The molecule has 4 aromatic carbocycles. The maximum atomic E-state index is 14.4. The number of aromatic nitrogens is 2. The zero-order valence-electron chi connectivity index (χ0n) is 31.2. The number of benzene rings is 4. The van der Waals surface area contributed by atoms with E-state index in [0.717, 1.165) is 66.4 Å². The van der Waals surface area contributed by atoms with Crippen molar-refractivity contribution in [3.8, 4) is 21.1 Å². The van der Waals surface area contributed by atoms with Gasteiger partial charge in [-0.3, -0.25) is 14.4 Å². The average molecular weight is 815 g/mol. The predicted molar refractivity (Wildman–Crippen MR) is 232 cm³/mol. The third-order valence-electron chi connectivity index (χ3n) is 10.8. The third kappa shape index (κ3) is 7.87. The van der Waals surface area contributed by atoms with Crippen molar-refractivity contribution in [1.82, 2.24) is 19.8 Å². The number of carbonyl (C=O) groups excluding carboxylic acids is 3. The molecule has 7 nitrogen and oxygen atoms in total. The van der Waals surface area contributed by atoms with Gasteiger partial charge in [-0.2, -0.15) is 23.5 Å². The molecule has 2 saturated heterocycles. The van der Waals surface area contributed by atoms with E-state index in [0.29, 0.717) is 24.5 Å². The quantitative estimate of drug-likeness (QED) is 0.136. The van der Waals surface area contributed by atoms with Gasteiger partial charge in [-0.1, -0.05) is 123 Å². The van der Waals surface area contributed by atoms with Crippen LogP contribution in [0.1, 0.15) is 81.0 Å². The zero-order chi connectivity index (χ0) is 38.6. The van der Waals surface area contributed by atoms with Gasteiger partial charge in [-0.25, -0.2) is 9.97 Å². The molecule has 2 aliphatic heterocycles. The first-order valence-electron chi connectivity index (χ1n) is 18.9. The van der Waals surface area contributed by atoms with Crippen LogP contribution in [0.4, 0.5) is 0 Å². The van der Waals surface area contributed by atoms with Gasteiger partial charge in [0.2, 0.25) is 0 Å². The van der Waals surface area contributed by atoms with Gasteiger partial charge in [0.25, 0.3) is 11.8 Å². The molecule has 0 aliphatic carbocycles. The van der Waals surface area contributed by atoms with Crippen LogP contribution in [0, 0.1) is 0 Å². The third-order valence-corrected chi connectivity index (χ3v) is 14.6. The van der Waals surface area contributed by atoms with Gasteiger partial charge in [0.05, 0.1) is 12.1 Å². The fourth-order valence-electron chi connectivity index (χ4n) is 7.70. The van der Waals surface area contributed by atoms with E-state index in [1.54, 1.807) is 0 Å². The van der Waals surface area contributed by atoms with Crippen LogP contribution in [0.15, 0.2) is 120 Å². The molecule has 2 aliphatic rings. The van der Waals surface area contributed by atoms with Crippen molar-refractivity contribution in [2.24, 2.45) is 0 Å². The Morgan fingerprint density at radius 1 is 0.571 bits per heavy atom. The SMILES string of the molecule is CC(C(=O)C(C)c1ccccc1-c1nc(C(=O)N2CCSCC2c2ccccc2)cs1)c1ccccc1-c1nc(C(=O)N2CCSCC2c2ccccc2)cs1. The van der Waals surface area contributed by atoms with Crippen molar-refractivity contribution in [2.45, 2.75) is 37.8 Å². The Kier molecular flexibility index (Phi) is 11.8. The van der Waals surface area contributed by atoms with Crippen LogP contribution in [0.2, 0.25) is 0 Å². The number of hydrogen-bond acceptors (Lipinski definition) is 9. The number of Topliss-reactive ketones (excluding diaryl/α,β-unsaturated/α-hetero) is 1. The lowest BCUT2D eigenvalue weighted by atomic mass is 9.83. The lowest BCUT2D eigenvalue weighted by molar-refractivity contribution is -0.121. The van der Waals surface area contributed by atoms with E-state index < -0.39 is 11.8 Å². The van der Waals surface area contributed by atoms with Crippen LogP contribution in [-0.4, -0.2) is 73.5 Å². The van der Waals surface area contributed by atoms with Gasteiger partial charge in [-0.05, 0) is 22.3 Å². The smallest absolute Gasteiger partial charge is 0.273 e. The normalized spacial score (nSPS) is 18.3. The number of thioether (sulfide) groups is 2. The van der Waals surface area contributed by atoms with Gasteiger partial charge in [0, 0.05) is 69.8 Å². The standard InChI is InChI=1S/C45H42N4O3S4/c1-29(33-17-9-11-19-35(33)42-46-37(25-55-42)44(51)48-21-23-53-27-39(48)31-13-5-3-6-14-31)41(50)30(2)34-18-10-12-20-36(34)43-47-38(26-56-43)45(52)49-22-24-54-28-40(49)32-15-7-4-8-16-32/h3-20,25-26,29-30,39-40H,21-24,27-28H2,1-2H3. The van der Waals surface area contributed by atoms with Gasteiger partial charge in [0.1, 0.15) is 27.2 Å². The van der Waals surface area contributed by atoms with E-state index in [2.05, 4.69) is 24.3 Å². The van der Waals surface area contributed by atoms with E-state index in [4.69, 9.17) is 9.97 Å². The molecular weight excluding hydrogens is 773 g/mol. The summed E-state index contributed by atoms with van der Waals surface area (Å²) in [6, 6.07) is 36.2. The largest absolute Gasteiger partial charge is 0.329 e. The Morgan fingerprint density at radius 2 is 0.964 bits per heavy atom. The highest BCUT2D eigenvalue weighted by Gasteiger charge is 2.33. The highest BCUT2D eigenvalue weighted by atomic mass is 32.2. The molecule has 0 spiro atoms. The second-order valence-electron chi connectivity index (χ2n) is 14.1. The number of rotatable bonds is 10. The van der Waals surface area contributed by atoms with Crippen LogP contribution in [0.5, 0.6) is 0 Å². The number of amides is 2. The fourth-order valence-corrected chi connectivity index (χ4v) is 11.6. The summed E-state index contributed by atoms with van der Waals surface area (Å²) < 4.78 is 0. The molecule has 4 unspecified atom stereocenters. The summed E-state index contributed by atoms with van der Waals surface area (Å²) in [5.74, 6) is 2.54. The molecule has 0 bridgehead atoms. The number of hydrogen-bond donors (Lipinski definition) is 0. The average Bonchev–Trinajstić information content (AvgIpc) is 3.97. The highest BCUT2D eigenvalue weighted by molar-refractivity contribution is 7.99. The molecule has 0 radical (unpaired) electrons. The van der Waals surface area contributed by atoms with E-state index in [1.165, 1.54) is 22.7 Å². The maximum absolute atomic E-state index is 14.4. The monoisotopic (exact) mass is 814 g/mol. The Bertz CT molecular complexity index is 2170. The van der Waals surface area contributed by atoms with Gasteiger partial charge in [-0.15, -0.1) is 22.7 Å². The highest BCUT2D eigenvalue weighted by Crippen LogP contribution is 2.39. The Morgan fingerprint density at radius 3 is 1.39 bits per heavy atom.